The number of hydrogen-bond acceptors (Lipinski definition) is 2. The van der Waals surface area contributed by atoms with Gasteiger partial charge in [-0.1, -0.05) is 12.8 Å². The van der Waals surface area contributed by atoms with Crippen molar-refractivity contribution in [2.24, 2.45) is 29.1 Å². The summed E-state index contributed by atoms with van der Waals surface area (Å²) in [6.07, 6.45) is 9.19. The summed E-state index contributed by atoms with van der Waals surface area (Å²) >= 11 is 0. The third-order valence-electron chi connectivity index (χ3n) is 6.08. The normalized spacial score (nSPS) is 54.4. The summed E-state index contributed by atoms with van der Waals surface area (Å²) in [6, 6.07) is 0. The Morgan fingerprint density at radius 2 is 2.00 bits per heavy atom. The Balaban J connectivity index is 1.69. The van der Waals surface area contributed by atoms with E-state index in [0.717, 1.165) is 30.6 Å². The molecule has 1 heterocycles. The van der Waals surface area contributed by atoms with Gasteiger partial charge in [-0.25, -0.2) is 0 Å². The Morgan fingerprint density at radius 1 is 1.19 bits per heavy atom. The monoisotopic (exact) mass is 220 g/mol. The van der Waals surface area contributed by atoms with E-state index in [1.165, 1.54) is 32.1 Å². The lowest BCUT2D eigenvalue weighted by Gasteiger charge is -2.42. The van der Waals surface area contributed by atoms with Crippen LogP contribution in [0.25, 0.3) is 0 Å². The highest BCUT2D eigenvalue weighted by atomic mass is 16.5. The van der Waals surface area contributed by atoms with E-state index in [9.17, 15) is 4.79 Å². The molecule has 88 valence electrons. The van der Waals surface area contributed by atoms with Crippen molar-refractivity contribution in [3.8, 4) is 0 Å². The fraction of sp³-hybridized carbons (Fsp3) is 0.929. The summed E-state index contributed by atoms with van der Waals surface area (Å²) < 4.78 is 5.28. The minimum Gasteiger partial charge on any atom is -0.465 e. The summed E-state index contributed by atoms with van der Waals surface area (Å²) in [5, 5.41) is 0. The first-order valence-electron chi connectivity index (χ1n) is 6.98. The Labute approximate surface area is 96.7 Å². The van der Waals surface area contributed by atoms with Gasteiger partial charge in [-0.2, -0.15) is 0 Å². The van der Waals surface area contributed by atoms with E-state index in [2.05, 4.69) is 0 Å². The van der Waals surface area contributed by atoms with Gasteiger partial charge in [-0.3, -0.25) is 4.79 Å². The Morgan fingerprint density at radius 3 is 2.75 bits per heavy atom. The van der Waals surface area contributed by atoms with Gasteiger partial charge in [0, 0.05) is 0 Å². The largest absolute Gasteiger partial charge is 0.465 e. The second-order valence-corrected chi connectivity index (χ2v) is 6.46. The second kappa shape index (κ2) is 3.02. The maximum atomic E-state index is 12.0. The van der Waals surface area contributed by atoms with Crippen molar-refractivity contribution >= 4 is 5.97 Å². The van der Waals surface area contributed by atoms with Crippen molar-refractivity contribution in [1.29, 1.82) is 0 Å². The highest BCUT2D eigenvalue weighted by Crippen LogP contribution is 2.67. The number of carbonyl (C=O) groups excluding carboxylic acids is 1. The lowest BCUT2D eigenvalue weighted by Crippen LogP contribution is -2.41. The van der Waals surface area contributed by atoms with Crippen LogP contribution in [-0.4, -0.2) is 12.6 Å². The molecule has 4 aliphatic rings. The van der Waals surface area contributed by atoms with E-state index in [1.807, 2.05) is 0 Å². The van der Waals surface area contributed by atoms with Gasteiger partial charge in [-0.05, 0) is 55.8 Å². The molecule has 2 nitrogen and oxygen atoms in total. The molecule has 16 heavy (non-hydrogen) atoms. The van der Waals surface area contributed by atoms with Crippen LogP contribution in [0.15, 0.2) is 0 Å². The molecule has 5 unspecified atom stereocenters. The van der Waals surface area contributed by atoms with Crippen molar-refractivity contribution in [3.05, 3.63) is 0 Å². The van der Waals surface area contributed by atoms with Crippen molar-refractivity contribution in [1.82, 2.24) is 0 Å². The zero-order chi connectivity index (χ0) is 10.8. The Kier molecular flexibility index (Phi) is 1.79. The highest BCUT2D eigenvalue weighted by Gasteiger charge is 2.64. The molecule has 1 saturated heterocycles. The number of cyclic esters (lactones) is 1. The lowest BCUT2D eigenvalue weighted by molar-refractivity contribution is -0.151. The average molecular weight is 220 g/mol. The molecule has 0 radical (unpaired) electrons. The zero-order valence-electron chi connectivity index (χ0n) is 9.78. The standard InChI is InChI=1S/C14H20O2/c15-13-14(5-6-16-13)8-9-7-12(14)11-4-2-1-3-10(9)11/h9-12H,1-8H2. The van der Waals surface area contributed by atoms with Crippen LogP contribution in [0.3, 0.4) is 0 Å². The summed E-state index contributed by atoms with van der Waals surface area (Å²) in [5.41, 5.74) is -0.0107. The molecule has 3 saturated carbocycles. The average Bonchev–Trinajstić information content (AvgIpc) is 2.95. The van der Waals surface area contributed by atoms with Crippen LogP contribution in [0.4, 0.5) is 0 Å². The predicted octanol–water partition coefficient (Wildman–Crippen LogP) is 2.77. The van der Waals surface area contributed by atoms with Crippen LogP contribution in [0.2, 0.25) is 0 Å². The summed E-state index contributed by atoms with van der Waals surface area (Å²) in [7, 11) is 0. The molecule has 1 aliphatic heterocycles. The lowest BCUT2D eigenvalue weighted by atomic mass is 9.60. The van der Waals surface area contributed by atoms with Gasteiger partial charge < -0.3 is 4.74 Å². The van der Waals surface area contributed by atoms with Crippen molar-refractivity contribution in [2.75, 3.05) is 6.61 Å². The van der Waals surface area contributed by atoms with E-state index >= 15 is 0 Å². The van der Waals surface area contributed by atoms with Crippen LogP contribution >= 0.6 is 0 Å². The van der Waals surface area contributed by atoms with Crippen molar-refractivity contribution < 1.29 is 9.53 Å². The predicted molar refractivity (Wildman–Crippen MR) is 59.7 cm³/mol. The van der Waals surface area contributed by atoms with Gasteiger partial charge in [0.2, 0.25) is 0 Å². The molecule has 5 atom stereocenters. The van der Waals surface area contributed by atoms with E-state index in [-0.39, 0.29) is 11.4 Å². The Hall–Kier alpha value is -0.530. The molecule has 1 spiro atoms. The van der Waals surface area contributed by atoms with Crippen LogP contribution < -0.4 is 0 Å². The number of rotatable bonds is 0. The molecule has 0 aromatic carbocycles. The van der Waals surface area contributed by atoms with E-state index in [1.54, 1.807) is 0 Å². The van der Waals surface area contributed by atoms with Gasteiger partial charge in [0.1, 0.15) is 0 Å². The zero-order valence-corrected chi connectivity index (χ0v) is 9.78. The first-order valence-corrected chi connectivity index (χ1v) is 6.98. The third kappa shape index (κ3) is 0.970. The molecule has 4 fully saturated rings. The van der Waals surface area contributed by atoms with E-state index in [0.29, 0.717) is 12.5 Å². The maximum absolute atomic E-state index is 12.0. The fourth-order valence-corrected chi connectivity index (χ4v) is 5.53. The molecule has 2 heteroatoms. The van der Waals surface area contributed by atoms with Gasteiger partial charge in [0.25, 0.3) is 0 Å². The van der Waals surface area contributed by atoms with Crippen LogP contribution in [0, 0.1) is 29.1 Å². The number of carbonyl (C=O) groups is 1. The van der Waals surface area contributed by atoms with Gasteiger partial charge >= 0.3 is 5.97 Å². The Bertz CT molecular complexity index is 338. The first-order chi connectivity index (χ1) is 7.81. The number of esters is 1. The SMILES string of the molecule is O=C1OCCC12CC1CC2C2CCCCC12. The van der Waals surface area contributed by atoms with E-state index < -0.39 is 0 Å². The fourth-order valence-electron chi connectivity index (χ4n) is 5.53. The van der Waals surface area contributed by atoms with Crippen molar-refractivity contribution in [3.63, 3.8) is 0 Å². The van der Waals surface area contributed by atoms with Gasteiger partial charge in [0.05, 0.1) is 12.0 Å². The number of fused-ring (bicyclic) bond motifs is 6. The van der Waals surface area contributed by atoms with Crippen LogP contribution in [0.1, 0.15) is 44.9 Å². The topological polar surface area (TPSA) is 26.3 Å². The molecule has 2 bridgehead atoms. The maximum Gasteiger partial charge on any atom is 0.312 e. The van der Waals surface area contributed by atoms with Gasteiger partial charge in [-0.15, -0.1) is 0 Å². The summed E-state index contributed by atoms with van der Waals surface area (Å²) in [4.78, 5) is 12.0. The third-order valence-corrected chi connectivity index (χ3v) is 6.08. The molecule has 0 N–H and O–H groups in total. The van der Waals surface area contributed by atoms with Crippen LogP contribution in [-0.2, 0) is 9.53 Å². The van der Waals surface area contributed by atoms with E-state index in [4.69, 9.17) is 4.74 Å². The van der Waals surface area contributed by atoms with Crippen molar-refractivity contribution in [2.45, 2.75) is 44.9 Å². The number of ether oxygens (including phenoxy) is 1. The molecule has 4 rings (SSSR count). The number of hydrogen-bond donors (Lipinski definition) is 0. The summed E-state index contributed by atoms with van der Waals surface area (Å²) in [6.45, 7) is 0.694. The molecule has 0 aromatic heterocycles. The highest BCUT2D eigenvalue weighted by molar-refractivity contribution is 5.79. The molecular formula is C14H20O2. The minimum absolute atomic E-state index is 0.0107. The molecule has 0 aromatic rings. The minimum atomic E-state index is -0.0107. The second-order valence-electron chi connectivity index (χ2n) is 6.46. The van der Waals surface area contributed by atoms with Gasteiger partial charge in [0.15, 0.2) is 0 Å². The molecule has 0 amide bonds. The molecule has 3 aliphatic carbocycles. The molecular weight excluding hydrogens is 200 g/mol. The summed E-state index contributed by atoms with van der Waals surface area (Å²) in [5.74, 6) is 3.55. The van der Waals surface area contributed by atoms with Crippen LogP contribution in [0.5, 0.6) is 0 Å². The first kappa shape index (κ1) is 9.49. The smallest absolute Gasteiger partial charge is 0.312 e. The quantitative estimate of drug-likeness (QED) is 0.587.